The summed E-state index contributed by atoms with van der Waals surface area (Å²) in [7, 11) is 0. The van der Waals surface area contributed by atoms with Crippen molar-refractivity contribution in [2.45, 2.75) is 44.8 Å². The summed E-state index contributed by atoms with van der Waals surface area (Å²) in [4.78, 5) is 11.7. The van der Waals surface area contributed by atoms with E-state index in [1.54, 1.807) is 6.92 Å². The molecule has 3 nitrogen and oxygen atoms in total. The number of carbonyl (C=O) groups excluding carboxylic acids is 1. The van der Waals surface area contributed by atoms with E-state index in [0.717, 1.165) is 12.8 Å². The molecule has 0 aliphatic heterocycles. The van der Waals surface area contributed by atoms with E-state index in [1.807, 2.05) is 0 Å². The van der Waals surface area contributed by atoms with Gasteiger partial charge in [-0.2, -0.15) is 13.2 Å². The van der Waals surface area contributed by atoms with Gasteiger partial charge in [0.1, 0.15) is 0 Å². The third-order valence-corrected chi connectivity index (χ3v) is 3.24. The molecule has 1 amide bonds. The van der Waals surface area contributed by atoms with Crippen LogP contribution >= 0.6 is 0 Å². The van der Waals surface area contributed by atoms with Crippen molar-refractivity contribution >= 4 is 5.91 Å². The first-order chi connectivity index (χ1) is 7.26. The number of hydrogen-bond donors (Lipinski definition) is 2. The fraction of sp³-hybridized carbons (Fsp3) is 0.900. The summed E-state index contributed by atoms with van der Waals surface area (Å²) in [6.07, 6.45) is -2.98. The van der Waals surface area contributed by atoms with Gasteiger partial charge in [0.2, 0.25) is 5.91 Å². The van der Waals surface area contributed by atoms with Gasteiger partial charge >= 0.3 is 6.18 Å². The maximum atomic E-state index is 11.9. The number of carbonyl (C=O) groups is 1. The number of alkyl halides is 3. The van der Waals surface area contributed by atoms with E-state index in [9.17, 15) is 18.0 Å². The van der Waals surface area contributed by atoms with Crippen molar-refractivity contribution in [1.82, 2.24) is 5.32 Å². The number of amides is 1. The van der Waals surface area contributed by atoms with E-state index >= 15 is 0 Å². The molecule has 3 N–H and O–H groups in total. The smallest absolute Gasteiger partial charge is 0.355 e. The largest absolute Gasteiger partial charge is 0.390 e. The molecule has 94 valence electrons. The van der Waals surface area contributed by atoms with Crippen LogP contribution < -0.4 is 11.1 Å². The first-order valence-electron chi connectivity index (χ1n) is 5.36. The first-order valence-corrected chi connectivity index (χ1v) is 5.36. The SMILES string of the molecule is CC1(C(=O)NCCC(F)(F)F)CCCC1N. The fourth-order valence-electron chi connectivity index (χ4n) is 1.99. The molecular weight excluding hydrogens is 221 g/mol. The van der Waals surface area contributed by atoms with Crippen LogP contribution in [-0.4, -0.2) is 24.7 Å². The van der Waals surface area contributed by atoms with Crippen LogP contribution in [0.2, 0.25) is 0 Å². The van der Waals surface area contributed by atoms with E-state index in [-0.39, 0.29) is 18.5 Å². The zero-order chi connectivity index (χ0) is 12.4. The molecule has 0 aromatic heterocycles. The van der Waals surface area contributed by atoms with Gasteiger partial charge in [0.15, 0.2) is 0 Å². The first kappa shape index (κ1) is 13.3. The highest BCUT2D eigenvalue weighted by Gasteiger charge is 2.43. The molecule has 1 fully saturated rings. The Balaban J connectivity index is 2.41. The van der Waals surface area contributed by atoms with E-state index in [4.69, 9.17) is 5.73 Å². The minimum absolute atomic E-state index is 0.251. The summed E-state index contributed by atoms with van der Waals surface area (Å²) in [5, 5.41) is 2.31. The van der Waals surface area contributed by atoms with Crippen molar-refractivity contribution in [2.24, 2.45) is 11.1 Å². The van der Waals surface area contributed by atoms with E-state index in [0.29, 0.717) is 6.42 Å². The van der Waals surface area contributed by atoms with Crippen LogP contribution in [0.5, 0.6) is 0 Å². The summed E-state index contributed by atoms with van der Waals surface area (Å²) in [5.41, 5.74) is 5.09. The molecule has 1 rings (SSSR count). The number of hydrogen-bond acceptors (Lipinski definition) is 2. The summed E-state index contributed by atoms with van der Waals surface area (Å²) < 4.78 is 35.6. The average molecular weight is 238 g/mol. The summed E-state index contributed by atoms with van der Waals surface area (Å²) in [6.45, 7) is 1.35. The van der Waals surface area contributed by atoms with Gasteiger partial charge in [0.05, 0.1) is 11.8 Å². The van der Waals surface area contributed by atoms with Crippen LogP contribution in [0.4, 0.5) is 13.2 Å². The lowest BCUT2D eigenvalue weighted by Crippen LogP contribution is -2.47. The Kier molecular flexibility index (Phi) is 3.83. The van der Waals surface area contributed by atoms with E-state index in [1.165, 1.54) is 0 Å². The molecule has 1 aliphatic carbocycles. The molecular formula is C10H17F3N2O. The lowest BCUT2D eigenvalue weighted by Gasteiger charge is -2.27. The third-order valence-electron chi connectivity index (χ3n) is 3.24. The number of rotatable bonds is 3. The van der Waals surface area contributed by atoms with Crippen molar-refractivity contribution in [3.63, 3.8) is 0 Å². The average Bonchev–Trinajstić information content (AvgIpc) is 2.46. The second kappa shape index (κ2) is 4.61. The van der Waals surface area contributed by atoms with Gasteiger partial charge in [-0.05, 0) is 19.8 Å². The standard InChI is InChI=1S/C10H17F3N2O/c1-9(4-2-3-7(9)14)8(16)15-6-5-10(11,12)13/h7H,2-6,14H2,1H3,(H,15,16). The quantitative estimate of drug-likeness (QED) is 0.784. The lowest BCUT2D eigenvalue weighted by atomic mass is 9.84. The second-order valence-electron chi connectivity index (χ2n) is 4.54. The van der Waals surface area contributed by atoms with Gasteiger partial charge in [-0.3, -0.25) is 4.79 Å². The van der Waals surface area contributed by atoms with Crippen LogP contribution in [-0.2, 0) is 4.79 Å². The predicted octanol–water partition coefficient (Wildman–Crippen LogP) is 1.57. The molecule has 16 heavy (non-hydrogen) atoms. The minimum Gasteiger partial charge on any atom is -0.355 e. The van der Waals surface area contributed by atoms with Crippen LogP contribution in [0.1, 0.15) is 32.6 Å². The van der Waals surface area contributed by atoms with Crippen molar-refractivity contribution in [3.8, 4) is 0 Å². The topological polar surface area (TPSA) is 55.1 Å². The van der Waals surface area contributed by atoms with Crippen LogP contribution in [0, 0.1) is 5.41 Å². The fourth-order valence-corrected chi connectivity index (χ4v) is 1.99. The molecule has 0 saturated heterocycles. The molecule has 0 bridgehead atoms. The van der Waals surface area contributed by atoms with E-state index < -0.39 is 18.0 Å². The Hall–Kier alpha value is -0.780. The summed E-state index contributed by atoms with van der Waals surface area (Å²) in [6, 6.07) is -0.251. The van der Waals surface area contributed by atoms with Crippen molar-refractivity contribution in [3.05, 3.63) is 0 Å². The number of nitrogens with one attached hydrogen (secondary N) is 1. The van der Waals surface area contributed by atoms with Gasteiger partial charge < -0.3 is 11.1 Å². The maximum absolute atomic E-state index is 11.9. The highest BCUT2D eigenvalue weighted by Crippen LogP contribution is 2.36. The molecule has 0 spiro atoms. The zero-order valence-corrected chi connectivity index (χ0v) is 9.23. The zero-order valence-electron chi connectivity index (χ0n) is 9.23. The van der Waals surface area contributed by atoms with Gasteiger partial charge in [-0.1, -0.05) is 6.42 Å². The summed E-state index contributed by atoms with van der Waals surface area (Å²) >= 11 is 0. The monoisotopic (exact) mass is 238 g/mol. The molecule has 2 unspecified atom stereocenters. The Morgan fingerprint density at radius 3 is 2.62 bits per heavy atom. The Labute approximate surface area is 92.6 Å². The molecule has 0 aromatic rings. The predicted molar refractivity (Wildman–Crippen MR) is 53.6 cm³/mol. The van der Waals surface area contributed by atoms with Crippen molar-refractivity contribution in [2.75, 3.05) is 6.54 Å². The minimum atomic E-state index is -4.23. The second-order valence-corrected chi connectivity index (χ2v) is 4.54. The van der Waals surface area contributed by atoms with Crippen molar-refractivity contribution in [1.29, 1.82) is 0 Å². The lowest BCUT2D eigenvalue weighted by molar-refractivity contribution is -0.138. The summed E-state index contributed by atoms with van der Waals surface area (Å²) in [5.74, 6) is -0.359. The normalized spacial score (nSPS) is 30.4. The molecule has 0 aromatic carbocycles. The third kappa shape index (κ3) is 3.10. The Bertz CT molecular complexity index is 267. The molecule has 1 saturated carbocycles. The van der Waals surface area contributed by atoms with E-state index in [2.05, 4.69) is 5.32 Å². The van der Waals surface area contributed by atoms with Gasteiger partial charge in [0.25, 0.3) is 0 Å². The van der Waals surface area contributed by atoms with Gasteiger partial charge in [0, 0.05) is 12.6 Å². The molecule has 1 aliphatic rings. The Morgan fingerprint density at radius 2 is 2.19 bits per heavy atom. The Morgan fingerprint density at radius 1 is 1.56 bits per heavy atom. The maximum Gasteiger partial charge on any atom is 0.390 e. The van der Waals surface area contributed by atoms with Crippen LogP contribution in [0.15, 0.2) is 0 Å². The van der Waals surface area contributed by atoms with Crippen LogP contribution in [0.3, 0.4) is 0 Å². The molecule has 6 heteroatoms. The molecule has 0 heterocycles. The molecule has 2 atom stereocenters. The van der Waals surface area contributed by atoms with Crippen molar-refractivity contribution < 1.29 is 18.0 Å². The highest BCUT2D eigenvalue weighted by molar-refractivity contribution is 5.83. The number of nitrogens with two attached hydrogens (primary N) is 1. The molecule has 0 radical (unpaired) electrons. The number of halogens is 3. The van der Waals surface area contributed by atoms with Crippen LogP contribution in [0.25, 0.3) is 0 Å². The van der Waals surface area contributed by atoms with Gasteiger partial charge in [-0.15, -0.1) is 0 Å². The van der Waals surface area contributed by atoms with Gasteiger partial charge in [-0.25, -0.2) is 0 Å². The highest BCUT2D eigenvalue weighted by atomic mass is 19.4.